The highest BCUT2D eigenvalue weighted by Crippen LogP contribution is 2.28. The van der Waals surface area contributed by atoms with Crippen LogP contribution in [0, 0.1) is 0 Å². The van der Waals surface area contributed by atoms with Crippen LogP contribution in [0.4, 0.5) is 5.69 Å². The van der Waals surface area contributed by atoms with Crippen LogP contribution in [0.25, 0.3) is 0 Å². The van der Waals surface area contributed by atoms with Crippen LogP contribution in [-0.4, -0.2) is 53.6 Å². The van der Waals surface area contributed by atoms with Crippen LogP contribution in [0.15, 0.2) is 67.3 Å². The van der Waals surface area contributed by atoms with Gasteiger partial charge in [0.05, 0.1) is 19.1 Å². The van der Waals surface area contributed by atoms with Crippen LogP contribution in [0.2, 0.25) is 0 Å². The van der Waals surface area contributed by atoms with Crippen molar-refractivity contribution >= 4 is 11.6 Å². The molecule has 2 heterocycles. The molecule has 0 unspecified atom stereocenters. The molecule has 0 bridgehead atoms. The fourth-order valence-electron chi connectivity index (χ4n) is 3.57. The van der Waals surface area contributed by atoms with Gasteiger partial charge in [-0.05, 0) is 29.8 Å². The van der Waals surface area contributed by atoms with E-state index in [-0.39, 0.29) is 5.91 Å². The second kappa shape index (κ2) is 8.17. The summed E-state index contributed by atoms with van der Waals surface area (Å²) in [5.74, 6) is 0.963. The number of rotatable bonds is 5. The number of methoxy groups -OCH3 is 1. The number of imidazole rings is 1. The maximum absolute atomic E-state index is 12.9. The van der Waals surface area contributed by atoms with Gasteiger partial charge in [0.15, 0.2) is 0 Å². The highest BCUT2D eigenvalue weighted by atomic mass is 16.5. The molecule has 4 rings (SSSR count). The van der Waals surface area contributed by atoms with Gasteiger partial charge in [-0.25, -0.2) is 4.98 Å². The quantitative estimate of drug-likeness (QED) is 0.687. The van der Waals surface area contributed by atoms with Crippen molar-refractivity contribution in [1.82, 2.24) is 14.5 Å². The van der Waals surface area contributed by atoms with E-state index < -0.39 is 0 Å². The van der Waals surface area contributed by atoms with Crippen LogP contribution in [0.1, 0.15) is 15.9 Å². The molecule has 1 aliphatic heterocycles. The SMILES string of the molecule is COc1ccccc1N1CCN(C(=O)c2ccc(Cn3ccnc3)cc2)CC1. The number of benzene rings is 2. The molecule has 1 fully saturated rings. The minimum absolute atomic E-state index is 0.0915. The Morgan fingerprint density at radius 3 is 2.46 bits per heavy atom. The molecule has 1 saturated heterocycles. The summed E-state index contributed by atoms with van der Waals surface area (Å²) in [4.78, 5) is 21.1. The molecule has 144 valence electrons. The van der Waals surface area contributed by atoms with Crippen LogP contribution in [-0.2, 0) is 6.54 Å². The number of ether oxygens (including phenoxy) is 1. The summed E-state index contributed by atoms with van der Waals surface area (Å²) in [7, 11) is 1.69. The molecule has 0 spiro atoms. The van der Waals surface area contributed by atoms with Crippen molar-refractivity contribution in [1.29, 1.82) is 0 Å². The number of nitrogens with zero attached hydrogens (tertiary/aromatic N) is 4. The number of piperazine rings is 1. The molecule has 0 N–H and O–H groups in total. The normalized spacial score (nSPS) is 14.2. The minimum Gasteiger partial charge on any atom is -0.495 e. The number of hydrogen-bond acceptors (Lipinski definition) is 4. The van der Waals surface area contributed by atoms with Gasteiger partial charge < -0.3 is 19.1 Å². The Morgan fingerprint density at radius 2 is 1.79 bits per heavy atom. The van der Waals surface area contributed by atoms with Crippen molar-refractivity contribution in [2.75, 3.05) is 38.2 Å². The number of carbonyl (C=O) groups excluding carboxylic acids is 1. The molecule has 1 aromatic heterocycles. The van der Waals surface area contributed by atoms with Crippen molar-refractivity contribution in [3.8, 4) is 5.75 Å². The number of amides is 1. The highest BCUT2D eigenvalue weighted by molar-refractivity contribution is 5.94. The molecule has 0 radical (unpaired) electrons. The summed E-state index contributed by atoms with van der Waals surface area (Å²) >= 11 is 0. The Kier molecular flexibility index (Phi) is 5.28. The van der Waals surface area contributed by atoms with Crippen molar-refractivity contribution in [3.05, 3.63) is 78.4 Å². The summed E-state index contributed by atoms with van der Waals surface area (Å²) in [6, 6.07) is 15.9. The lowest BCUT2D eigenvalue weighted by Gasteiger charge is -2.36. The Morgan fingerprint density at radius 1 is 1.04 bits per heavy atom. The zero-order valence-corrected chi connectivity index (χ0v) is 16.0. The first-order valence-electron chi connectivity index (χ1n) is 9.46. The third-order valence-corrected chi connectivity index (χ3v) is 5.12. The van der Waals surface area contributed by atoms with E-state index in [9.17, 15) is 4.79 Å². The number of para-hydroxylation sites is 2. The van der Waals surface area contributed by atoms with E-state index in [1.165, 1.54) is 0 Å². The summed E-state index contributed by atoms with van der Waals surface area (Å²) in [6.07, 6.45) is 5.49. The molecular weight excluding hydrogens is 352 g/mol. The van der Waals surface area contributed by atoms with Gasteiger partial charge in [-0.15, -0.1) is 0 Å². The zero-order chi connectivity index (χ0) is 19.3. The molecule has 3 aromatic rings. The molecular formula is C22H24N4O2. The summed E-state index contributed by atoms with van der Waals surface area (Å²) < 4.78 is 7.47. The second-order valence-electron chi connectivity index (χ2n) is 6.88. The Balaban J connectivity index is 1.37. The molecule has 0 saturated carbocycles. The lowest BCUT2D eigenvalue weighted by molar-refractivity contribution is 0.0746. The van der Waals surface area contributed by atoms with Crippen molar-refractivity contribution in [3.63, 3.8) is 0 Å². The number of aromatic nitrogens is 2. The first-order valence-corrected chi connectivity index (χ1v) is 9.46. The van der Waals surface area contributed by atoms with E-state index in [1.807, 2.05) is 58.1 Å². The molecule has 0 aliphatic carbocycles. The Bertz CT molecular complexity index is 914. The fourth-order valence-corrected chi connectivity index (χ4v) is 3.57. The first kappa shape index (κ1) is 18.1. The van der Waals surface area contributed by atoms with E-state index in [0.29, 0.717) is 13.1 Å². The molecule has 1 amide bonds. The molecule has 6 nitrogen and oxygen atoms in total. The number of hydrogen-bond donors (Lipinski definition) is 0. The number of carbonyl (C=O) groups is 1. The van der Waals surface area contributed by atoms with Crippen LogP contribution >= 0.6 is 0 Å². The molecule has 1 aliphatic rings. The van der Waals surface area contributed by atoms with Crippen molar-refractivity contribution in [2.45, 2.75) is 6.54 Å². The minimum atomic E-state index is 0.0915. The fraction of sp³-hybridized carbons (Fsp3) is 0.273. The smallest absolute Gasteiger partial charge is 0.253 e. The van der Waals surface area contributed by atoms with E-state index in [4.69, 9.17) is 4.74 Å². The predicted octanol–water partition coefficient (Wildman–Crippen LogP) is 2.90. The van der Waals surface area contributed by atoms with Gasteiger partial charge in [0.2, 0.25) is 0 Å². The van der Waals surface area contributed by atoms with Crippen LogP contribution in [0.3, 0.4) is 0 Å². The highest BCUT2D eigenvalue weighted by Gasteiger charge is 2.23. The monoisotopic (exact) mass is 376 g/mol. The van der Waals surface area contributed by atoms with E-state index in [1.54, 1.807) is 19.6 Å². The maximum atomic E-state index is 12.9. The van der Waals surface area contributed by atoms with E-state index >= 15 is 0 Å². The lowest BCUT2D eigenvalue weighted by atomic mass is 10.1. The maximum Gasteiger partial charge on any atom is 0.253 e. The third kappa shape index (κ3) is 3.86. The van der Waals surface area contributed by atoms with Crippen molar-refractivity contribution < 1.29 is 9.53 Å². The predicted molar refractivity (Wildman–Crippen MR) is 109 cm³/mol. The average molecular weight is 376 g/mol. The summed E-state index contributed by atoms with van der Waals surface area (Å²) in [5.41, 5.74) is 2.97. The topological polar surface area (TPSA) is 50.6 Å². The van der Waals surface area contributed by atoms with E-state index in [2.05, 4.69) is 16.0 Å². The van der Waals surface area contributed by atoms with Crippen LogP contribution in [0.5, 0.6) is 5.75 Å². The van der Waals surface area contributed by atoms with Crippen LogP contribution < -0.4 is 9.64 Å². The van der Waals surface area contributed by atoms with Gasteiger partial charge >= 0.3 is 0 Å². The molecule has 0 atom stereocenters. The second-order valence-corrected chi connectivity index (χ2v) is 6.88. The van der Waals surface area contributed by atoms with Gasteiger partial charge in [0, 0.05) is 50.7 Å². The average Bonchev–Trinajstić information content (AvgIpc) is 3.27. The number of anilines is 1. The summed E-state index contributed by atoms with van der Waals surface area (Å²) in [6.45, 7) is 3.75. The standard InChI is InChI=1S/C22H24N4O2/c1-28-21-5-3-2-4-20(21)25-12-14-26(15-13-25)22(27)19-8-6-18(7-9-19)16-24-11-10-23-17-24/h2-11,17H,12-16H2,1H3. The zero-order valence-electron chi connectivity index (χ0n) is 16.0. The Hall–Kier alpha value is -3.28. The van der Waals surface area contributed by atoms with E-state index in [0.717, 1.165) is 42.2 Å². The van der Waals surface area contributed by atoms with Gasteiger partial charge in [-0.2, -0.15) is 0 Å². The van der Waals surface area contributed by atoms with Gasteiger partial charge in [0.25, 0.3) is 5.91 Å². The van der Waals surface area contributed by atoms with Crippen molar-refractivity contribution in [2.24, 2.45) is 0 Å². The van der Waals surface area contributed by atoms with Gasteiger partial charge in [-0.3, -0.25) is 4.79 Å². The lowest BCUT2D eigenvalue weighted by Crippen LogP contribution is -2.48. The Labute approximate surface area is 165 Å². The van der Waals surface area contributed by atoms with Gasteiger partial charge in [0.1, 0.15) is 5.75 Å². The first-order chi connectivity index (χ1) is 13.7. The third-order valence-electron chi connectivity index (χ3n) is 5.12. The molecule has 28 heavy (non-hydrogen) atoms. The molecule has 2 aromatic carbocycles. The summed E-state index contributed by atoms with van der Waals surface area (Å²) in [5, 5.41) is 0. The molecule has 6 heteroatoms. The largest absolute Gasteiger partial charge is 0.495 e. The van der Waals surface area contributed by atoms with Gasteiger partial charge in [-0.1, -0.05) is 24.3 Å².